The molecule has 0 atom stereocenters. The lowest BCUT2D eigenvalue weighted by atomic mass is 10.1. The molecule has 11 nitrogen and oxygen atoms in total. The molecule has 0 saturated carbocycles. The standard InChI is InChI=1S/C23H18N4O7/c1-25-18(24)17(21(31)26(2)23(25)33)16(28)11-34-22(32)12-7-9-13(10-8-12)27-19(29)14-5-3-4-6-15(14)20(27)30/h3-10H,11,24H2,1-2H3. The molecule has 3 aromatic rings. The fourth-order valence-electron chi connectivity index (χ4n) is 3.58. The summed E-state index contributed by atoms with van der Waals surface area (Å²) in [5.41, 5.74) is 4.57. The van der Waals surface area contributed by atoms with Crippen molar-refractivity contribution in [1.29, 1.82) is 0 Å². The Morgan fingerprint density at radius 1 is 0.853 bits per heavy atom. The normalized spacial score (nSPS) is 12.6. The van der Waals surface area contributed by atoms with Gasteiger partial charge in [-0.2, -0.15) is 0 Å². The number of nitrogens with two attached hydrogens (primary N) is 1. The quantitative estimate of drug-likeness (QED) is 0.327. The maximum absolute atomic E-state index is 12.6. The third-order valence-electron chi connectivity index (χ3n) is 5.48. The van der Waals surface area contributed by atoms with Gasteiger partial charge in [-0.15, -0.1) is 0 Å². The van der Waals surface area contributed by atoms with E-state index < -0.39 is 47.0 Å². The van der Waals surface area contributed by atoms with E-state index in [1.165, 1.54) is 38.4 Å². The molecule has 0 saturated heterocycles. The van der Waals surface area contributed by atoms with Crippen molar-refractivity contribution < 1.29 is 23.9 Å². The van der Waals surface area contributed by atoms with Crippen molar-refractivity contribution in [1.82, 2.24) is 9.13 Å². The van der Waals surface area contributed by atoms with Gasteiger partial charge in [0.15, 0.2) is 6.61 Å². The van der Waals surface area contributed by atoms with Crippen LogP contribution in [0, 0.1) is 0 Å². The number of carbonyl (C=O) groups is 4. The molecule has 2 N–H and O–H groups in total. The monoisotopic (exact) mass is 462 g/mol. The zero-order valence-electron chi connectivity index (χ0n) is 18.1. The molecule has 1 aliphatic rings. The predicted molar refractivity (Wildman–Crippen MR) is 120 cm³/mol. The second kappa shape index (κ2) is 8.28. The van der Waals surface area contributed by atoms with E-state index in [4.69, 9.17) is 10.5 Å². The number of benzene rings is 2. The number of nitrogens with zero attached hydrogens (tertiary/aromatic N) is 3. The van der Waals surface area contributed by atoms with Crippen molar-refractivity contribution in [2.45, 2.75) is 0 Å². The number of Topliss-reactive ketones (excluding diaryl/α,β-unsaturated/α-hetero) is 1. The number of carbonyl (C=O) groups excluding carboxylic acids is 4. The molecule has 2 aromatic carbocycles. The van der Waals surface area contributed by atoms with Gasteiger partial charge < -0.3 is 10.5 Å². The molecule has 0 radical (unpaired) electrons. The summed E-state index contributed by atoms with van der Waals surface area (Å²) in [4.78, 5) is 75.2. The number of anilines is 2. The van der Waals surface area contributed by atoms with Gasteiger partial charge in [0.25, 0.3) is 17.4 Å². The minimum atomic E-state index is -0.896. The molecule has 0 fully saturated rings. The average molecular weight is 462 g/mol. The number of ether oxygens (including phenoxy) is 1. The van der Waals surface area contributed by atoms with Crippen molar-refractivity contribution in [3.8, 4) is 0 Å². The average Bonchev–Trinajstić information content (AvgIpc) is 3.10. The highest BCUT2D eigenvalue weighted by Crippen LogP contribution is 2.28. The van der Waals surface area contributed by atoms with Crippen molar-refractivity contribution in [2.75, 3.05) is 17.2 Å². The molecule has 0 spiro atoms. The molecule has 2 heterocycles. The van der Waals surface area contributed by atoms with E-state index in [0.29, 0.717) is 11.1 Å². The number of fused-ring (bicyclic) bond motifs is 1. The molecule has 0 aliphatic carbocycles. The number of aromatic nitrogens is 2. The molecule has 0 unspecified atom stereocenters. The van der Waals surface area contributed by atoms with Crippen molar-refractivity contribution in [3.05, 3.63) is 91.6 Å². The third kappa shape index (κ3) is 3.48. The minimum Gasteiger partial charge on any atom is -0.454 e. The number of nitrogen functional groups attached to an aromatic ring is 1. The van der Waals surface area contributed by atoms with Crippen LogP contribution >= 0.6 is 0 Å². The van der Waals surface area contributed by atoms with Crippen molar-refractivity contribution >= 4 is 35.1 Å². The Morgan fingerprint density at radius 3 is 1.97 bits per heavy atom. The first-order valence-corrected chi connectivity index (χ1v) is 9.97. The summed E-state index contributed by atoms with van der Waals surface area (Å²) >= 11 is 0. The van der Waals surface area contributed by atoms with Gasteiger partial charge in [0.1, 0.15) is 11.4 Å². The molecule has 2 amide bonds. The second-order valence-electron chi connectivity index (χ2n) is 7.50. The maximum Gasteiger partial charge on any atom is 0.338 e. The number of rotatable bonds is 5. The van der Waals surface area contributed by atoms with Crippen LogP contribution in [0.15, 0.2) is 58.1 Å². The summed E-state index contributed by atoms with van der Waals surface area (Å²) in [7, 11) is 2.50. The summed E-state index contributed by atoms with van der Waals surface area (Å²) in [5.74, 6) is -3.03. The number of amides is 2. The SMILES string of the molecule is Cn1c(N)c(C(=O)COC(=O)c2ccc(N3C(=O)c4ccccc4C3=O)cc2)c(=O)n(C)c1=O. The Balaban J connectivity index is 1.48. The lowest BCUT2D eigenvalue weighted by Crippen LogP contribution is -2.42. The molecule has 11 heteroatoms. The van der Waals surface area contributed by atoms with Crippen LogP contribution in [0.1, 0.15) is 41.4 Å². The zero-order valence-corrected chi connectivity index (χ0v) is 18.1. The summed E-state index contributed by atoms with van der Waals surface area (Å²) < 4.78 is 6.66. The van der Waals surface area contributed by atoms with Crippen LogP contribution in [0.5, 0.6) is 0 Å². The van der Waals surface area contributed by atoms with Crippen molar-refractivity contribution in [3.63, 3.8) is 0 Å². The fourth-order valence-corrected chi connectivity index (χ4v) is 3.58. The van der Waals surface area contributed by atoms with Gasteiger partial charge in [-0.05, 0) is 36.4 Å². The summed E-state index contributed by atoms with van der Waals surface area (Å²) in [6.45, 7) is -0.781. The largest absolute Gasteiger partial charge is 0.454 e. The number of hydrogen-bond acceptors (Lipinski definition) is 8. The zero-order chi connectivity index (χ0) is 24.7. The topological polar surface area (TPSA) is 151 Å². The molecule has 1 aliphatic heterocycles. The number of imide groups is 1. The lowest BCUT2D eigenvalue weighted by molar-refractivity contribution is 0.0474. The summed E-state index contributed by atoms with van der Waals surface area (Å²) in [5, 5.41) is 0. The molecule has 172 valence electrons. The lowest BCUT2D eigenvalue weighted by Gasteiger charge is -2.14. The van der Waals surface area contributed by atoms with Crippen molar-refractivity contribution in [2.24, 2.45) is 14.1 Å². The Bertz CT molecular complexity index is 1460. The van der Waals surface area contributed by atoms with Gasteiger partial charge >= 0.3 is 11.7 Å². The van der Waals surface area contributed by atoms with E-state index >= 15 is 0 Å². The first kappa shape index (κ1) is 22.4. The molecule has 34 heavy (non-hydrogen) atoms. The molecule has 1 aromatic heterocycles. The van der Waals surface area contributed by atoms with E-state index in [1.54, 1.807) is 24.3 Å². The van der Waals surface area contributed by atoms with Gasteiger partial charge in [-0.3, -0.25) is 28.3 Å². The van der Waals surface area contributed by atoms with Crippen LogP contribution in [-0.2, 0) is 18.8 Å². The molecular weight excluding hydrogens is 444 g/mol. The van der Waals surface area contributed by atoms with Crippen LogP contribution < -0.4 is 21.9 Å². The summed E-state index contributed by atoms with van der Waals surface area (Å²) in [6.07, 6.45) is 0. The predicted octanol–water partition coefficient (Wildman–Crippen LogP) is 0.506. The van der Waals surface area contributed by atoms with Crippen LogP contribution in [0.3, 0.4) is 0 Å². The maximum atomic E-state index is 12.6. The number of esters is 1. The fraction of sp³-hybridized carbons (Fsp3) is 0.130. The van der Waals surface area contributed by atoms with E-state index in [-0.39, 0.29) is 17.1 Å². The van der Waals surface area contributed by atoms with Crippen LogP contribution in [0.25, 0.3) is 0 Å². The third-order valence-corrected chi connectivity index (χ3v) is 5.48. The Labute approximate surface area is 191 Å². The Hall–Kier alpha value is -4.80. The number of hydrogen-bond donors (Lipinski definition) is 1. The Morgan fingerprint density at radius 2 is 1.41 bits per heavy atom. The van der Waals surface area contributed by atoms with Crippen LogP contribution in [-0.4, -0.2) is 39.3 Å². The second-order valence-corrected chi connectivity index (χ2v) is 7.50. The Kier molecular flexibility index (Phi) is 5.45. The van der Waals surface area contributed by atoms with Gasteiger partial charge in [0, 0.05) is 14.1 Å². The smallest absolute Gasteiger partial charge is 0.338 e. The molecule has 0 bridgehead atoms. The molecule has 4 rings (SSSR count). The first-order valence-electron chi connectivity index (χ1n) is 9.97. The van der Waals surface area contributed by atoms with Gasteiger partial charge in [-0.1, -0.05) is 12.1 Å². The molecular formula is C23H18N4O7. The van der Waals surface area contributed by atoms with E-state index in [9.17, 15) is 28.8 Å². The van der Waals surface area contributed by atoms with E-state index in [0.717, 1.165) is 14.0 Å². The van der Waals surface area contributed by atoms with Gasteiger partial charge in [0.2, 0.25) is 5.78 Å². The summed E-state index contributed by atoms with van der Waals surface area (Å²) in [6, 6.07) is 11.9. The van der Waals surface area contributed by atoms with Crippen LogP contribution in [0.2, 0.25) is 0 Å². The van der Waals surface area contributed by atoms with E-state index in [1.807, 2.05) is 0 Å². The van der Waals surface area contributed by atoms with Gasteiger partial charge in [-0.25, -0.2) is 14.5 Å². The first-order chi connectivity index (χ1) is 16.1. The minimum absolute atomic E-state index is 0.0505. The van der Waals surface area contributed by atoms with E-state index in [2.05, 4.69) is 0 Å². The highest BCUT2D eigenvalue weighted by molar-refractivity contribution is 6.34. The highest BCUT2D eigenvalue weighted by Gasteiger charge is 2.36. The number of ketones is 1. The van der Waals surface area contributed by atoms with Gasteiger partial charge in [0.05, 0.1) is 22.4 Å². The highest BCUT2D eigenvalue weighted by atomic mass is 16.5. The van der Waals surface area contributed by atoms with Crippen LogP contribution in [0.4, 0.5) is 11.5 Å².